The Labute approximate surface area is 111 Å². The van der Waals surface area contributed by atoms with Gasteiger partial charge in [0.2, 0.25) is 0 Å². The van der Waals surface area contributed by atoms with E-state index in [0.29, 0.717) is 5.75 Å². The summed E-state index contributed by atoms with van der Waals surface area (Å²) in [7, 11) is 1.61. The molecule has 0 aliphatic rings. The normalized spacial score (nSPS) is 12.7. The Bertz CT molecular complexity index is 524. The zero-order valence-corrected chi connectivity index (χ0v) is 11.2. The molecule has 0 radical (unpaired) electrons. The van der Waals surface area contributed by atoms with Gasteiger partial charge in [0.15, 0.2) is 5.75 Å². The number of nitrogens with one attached hydrogen (secondary N) is 1. The van der Waals surface area contributed by atoms with Crippen molar-refractivity contribution in [1.29, 1.82) is 0 Å². The third-order valence-electron chi connectivity index (χ3n) is 2.89. The SMILES string of the molecule is COc1cnn(C(C)C)c1C(NN)c1ccnnc1. The quantitative estimate of drug-likeness (QED) is 0.612. The smallest absolute Gasteiger partial charge is 0.161 e. The molecule has 0 bridgehead atoms. The van der Waals surface area contributed by atoms with Gasteiger partial charge in [0.1, 0.15) is 5.69 Å². The Hall–Kier alpha value is -1.99. The van der Waals surface area contributed by atoms with Crippen molar-refractivity contribution in [2.45, 2.75) is 25.9 Å². The summed E-state index contributed by atoms with van der Waals surface area (Å²) in [4.78, 5) is 0. The molecule has 7 nitrogen and oxygen atoms in total. The Morgan fingerprint density at radius 3 is 2.63 bits per heavy atom. The van der Waals surface area contributed by atoms with Crippen LogP contribution in [0.2, 0.25) is 0 Å². The van der Waals surface area contributed by atoms with Crippen LogP contribution in [0.4, 0.5) is 0 Å². The highest BCUT2D eigenvalue weighted by Crippen LogP contribution is 2.30. The van der Waals surface area contributed by atoms with Gasteiger partial charge in [-0.15, -0.1) is 0 Å². The predicted octanol–water partition coefficient (Wildman–Crippen LogP) is 0.815. The van der Waals surface area contributed by atoms with E-state index in [1.165, 1.54) is 0 Å². The van der Waals surface area contributed by atoms with Crippen LogP contribution >= 0.6 is 0 Å². The summed E-state index contributed by atoms with van der Waals surface area (Å²) in [6, 6.07) is 1.80. The highest BCUT2D eigenvalue weighted by molar-refractivity contribution is 5.35. The van der Waals surface area contributed by atoms with E-state index in [-0.39, 0.29) is 12.1 Å². The topological polar surface area (TPSA) is 90.9 Å². The average molecular weight is 262 g/mol. The van der Waals surface area contributed by atoms with Gasteiger partial charge in [-0.25, -0.2) is 5.43 Å². The number of nitrogens with zero attached hydrogens (tertiary/aromatic N) is 4. The lowest BCUT2D eigenvalue weighted by molar-refractivity contribution is 0.394. The minimum absolute atomic E-state index is 0.199. The molecule has 0 amide bonds. The van der Waals surface area contributed by atoms with Crippen molar-refractivity contribution in [2.24, 2.45) is 5.84 Å². The fourth-order valence-electron chi connectivity index (χ4n) is 2.00. The van der Waals surface area contributed by atoms with Crippen LogP contribution in [0.25, 0.3) is 0 Å². The van der Waals surface area contributed by atoms with Gasteiger partial charge in [0, 0.05) is 12.2 Å². The summed E-state index contributed by atoms with van der Waals surface area (Å²) < 4.78 is 7.24. The van der Waals surface area contributed by atoms with E-state index >= 15 is 0 Å². The number of aromatic nitrogens is 4. The first-order chi connectivity index (χ1) is 9.19. The molecule has 0 aromatic carbocycles. The minimum Gasteiger partial charge on any atom is -0.493 e. The second-order valence-corrected chi connectivity index (χ2v) is 4.41. The zero-order valence-electron chi connectivity index (χ0n) is 11.2. The molecule has 0 saturated carbocycles. The van der Waals surface area contributed by atoms with Crippen LogP contribution < -0.4 is 16.0 Å². The van der Waals surface area contributed by atoms with Crippen LogP contribution in [0.3, 0.4) is 0 Å². The number of rotatable bonds is 5. The van der Waals surface area contributed by atoms with E-state index in [9.17, 15) is 0 Å². The highest BCUT2D eigenvalue weighted by atomic mass is 16.5. The van der Waals surface area contributed by atoms with Gasteiger partial charge in [-0.3, -0.25) is 10.5 Å². The summed E-state index contributed by atoms with van der Waals surface area (Å²) in [5.41, 5.74) is 4.55. The monoisotopic (exact) mass is 262 g/mol. The van der Waals surface area contributed by atoms with Crippen LogP contribution in [-0.4, -0.2) is 27.1 Å². The van der Waals surface area contributed by atoms with Gasteiger partial charge < -0.3 is 4.74 Å². The predicted molar refractivity (Wildman–Crippen MR) is 70.4 cm³/mol. The Kier molecular flexibility index (Phi) is 4.08. The number of ether oxygens (including phenoxy) is 1. The lowest BCUT2D eigenvalue weighted by Gasteiger charge is -2.20. The van der Waals surface area contributed by atoms with Crippen LogP contribution in [0, 0.1) is 0 Å². The molecule has 19 heavy (non-hydrogen) atoms. The first-order valence-electron chi connectivity index (χ1n) is 6.03. The molecular formula is C12H18N6O. The number of methoxy groups -OCH3 is 1. The lowest BCUT2D eigenvalue weighted by atomic mass is 10.1. The van der Waals surface area contributed by atoms with Crippen molar-refractivity contribution in [3.8, 4) is 5.75 Å². The van der Waals surface area contributed by atoms with E-state index in [1.54, 1.807) is 25.7 Å². The molecule has 1 unspecified atom stereocenters. The van der Waals surface area contributed by atoms with Gasteiger partial charge in [-0.2, -0.15) is 15.3 Å². The van der Waals surface area contributed by atoms with E-state index in [4.69, 9.17) is 10.6 Å². The highest BCUT2D eigenvalue weighted by Gasteiger charge is 2.24. The van der Waals surface area contributed by atoms with Crippen molar-refractivity contribution in [3.05, 3.63) is 35.9 Å². The fourth-order valence-corrected chi connectivity index (χ4v) is 2.00. The minimum atomic E-state index is -0.254. The van der Waals surface area contributed by atoms with Crippen LogP contribution in [0.1, 0.15) is 37.2 Å². The Balaban J connectivity index is 2.51. The molecule has 2 rings (SSSR count). The average Bonchev–Trinajstić information content (AvgIpc) is 2.85. The van der Waals surface area contributed by atoms with Crippen molar-refractivity contribution < 1.29 is 4.74 Å². The molecule has 2 aromatic heterocycles. The van der Waals surface area contributed by atoms with Crippen molar-refractivity contribution >= 4 is 0 Å². The molecule has 0 aliphatic carbocycles. The second kappa shape index (κ2) is 5.77. The molecule has 2 aromatic rings. The summed E-state index contributed by atoms with van der Waals surface area (Å²) in [5, 5.41) is 12.0. The third kappa shape index (κ3) is 2.56. The molecule has 7 heteroatoms. The molecule has 0 saturated heterocycles. The fraction of sp³-hybridized carbons (Fsp3) is 0.417. The molecular weight excluding hydrogens is 244 g/mol. The van der Waals surface area contributed by atoms with E-state index < -0.39 is 0 Å². The second-order valence-electron chi connectivity index (χ2n) is 4.41. The van der Waals surface area contributed by atoms with Gasteiger partial charge in [-0.05, 0) is 25.5 Å². The van der Waals surface area contributed by atoms with Gasteiger partial charge >= 0.3 is 0 Å². The molecule has 1 atom stereocenters. The Morgan fingerprint density at radius 2 is 2.11 bits per heavy atom. The largest absolute Gasteiger partial charge is 0.493 e. The number of nitrogens with two attached hydrogens (primary N) is 1. The van der Waals surface area contributed by atoms with E-state index in [1.807, 2.05) is 24.6 Å². The standard InChI is InChI=1S/C12H18N6O/c1-8(2)18-12(10(19-3)7-16-18)11(17-13)9-4-5-14-15-6-9/h4-8,11,17H,13H2,1-3H3. The third-order valence-corrected chi connectivity index (χ3v) is 2.89. The first kappa shape index (κ1) is 13.4. The van der Waals surface area contributed by atoms with E-state index in [0.717, 1.165) is 11.3 Å². The van der Waals surface area contributed by atoms with Crippen molar-refractivity contribution in [3.63, 3.8) is 0 Å². The van der Waals surface area contributed by atoms with Gasteiger partial charge in [0.25, 0.3) is 0 Å². The van der Waals surface area contributed by atoms with Crippen LogP contribution in [-0.2, 0) is 0 Å². The van der Waals surface area contributed by atoms with E-state index in [2.05, 4.69) is 20.7 Å². The summed E-state index contributed by atoms with van der Waals surface area (Å²) in [5.74, 6) is 6.38. The first-order valence-corrected chi connectivity index (χ1v) is 6.03. The number of hydrogen-bond donors (Lipinski definition) is 2. The van der Waals surface area contributed by atoms with Gasteiger partial charge in [-0.1, -0.05) is 0 Å². The number of hydrazine groups is 1. The molecule has 102 valence electrons. The maximum Gasteiger partial charge on any atom is 0.161 e. The molecule has 0 spiro atoms. The summed E-state index contributed by atoms with van der Waals surface area (Å²) in [6.45, 7) is 4.10. The van der Waals surface area contributed by atoms with Crippen LogP contribution in [0.15, 0.2) is 24.7 Å². The van der Waals surface area contributed by atoms with Crippen molar-refractivity contribution in [1.82, 2.24) is 25.4 Å². The molecule has 0 aliphatic heterocycles. The van der Waals surface area contributed by atoms with Gasteiger partial charge in [0.05, 0.1) is 25.5 Å². The lowest BCUT2D eigenvalue weighted by Crippen LogP contribution is -2.31. The number of hydrogen-bond acceptors (Lipinski definition) is 6. The van der Waals surface area contributed by atoms with Crippen molar-refractivity contribution in [2.75, 3.05) is 7.11 Å². The van der Waals surface area contributed by atoms with Crippen LogP contribution in [0.5, 0.6) is 5.75 Å². The molecule has 0 fully saturated rings. The maximum absolute atomic E-state index is 5.69. The summed E-state index contributed by atoms with van der Waals surface area (Å²) >= 11 is 0. The molecule has 2 heterocycles. The molecule has 3 N–H and O–H groups in total. The maximum atomic E-state index is 5.69. The zero-order chi connectivity index (χ0) is 13.8. The summed E-state index contributed by atoms with van der Waals surface area (Å²) in [6.07, 6.45) is 4.98. The Morgan fingerprint density at radius 1 is 1.32 bits per heavy atom.